The van der Waals surface area contributed by atoms with Crippen molar-refractivity contribution in [1.29, 1.82) is 0 Å². The summed E-state index contributed by atoms with van der Waals surface area (Å²) in [5.74, 6) is -0.663. The summed E-state index contributed by atoms with van der Waals surface area (Å²) in [5, 5.41) is 2.80. The lowest BCUT2D eigenvalue weighted by atomic mass is 10.1. The predicted octanol–water partition coefficient (Wildman–Crippen LogP) is -0.0859. The standard InChI is InChI=1S/C11H12N2O3/c12-10(14)7-1-3-8(4-2-7)11(15)13-9-5-16-6-9/h1-4,9H,5-6H2,(H2,12,14)(H,13,15). The Morgan fingerprint density at radius 3 is 2.19 bits per heavy atom. The monoisotopic (exact) mass is 220 g/mol. The first-order valence-corrected chi connectivity index (χ1v) is 4.95. The maximum atomic E-state index is 11.6. The number of amides is 2. The van der Waals surface area contributed by atoms with Crippen LogP contribution < -0.4 is 11.1 Å². The first-order valence-electron chi connectivity index (χ1n) is 4.95. The molecule has 16 heavy (non-hydrogen) atoms. The Kier molecular flexibility index (Phi) is 2.87. The quantitative estimate of drug-likeness (QED) is 0.747. The summed E-state index contributed by atoms with van der Waals surface area (Å²) >= 11 is 0. The molecule has 1 fully saturated rings. The summed E-state index contributed by atoms with van der Waals surface area (Å²) < 4.78 is 4.95. The maximum absolute atomic E-state index is 11.6. The second kappa shape index (κ2) is 4.32. The Morgan fingerprint density at radius 2 is 1.75 bits per heavy atom. The van der Waals surface area contributed by atoms with Crippen molar-refractivity contribution in [2.24, 2.45) is 5.73 Å². The molecule has 2 rings (SSSR count). The number of benzene rings is 1. The van der Waals surface area contributed by atoms with E-state index in [1.807, 2.05) is 0 Å². The molecule has 1 saturated heterocycles. The fraction of sp³-hybridized carbons (Fsp3) is 0.273. The van der Waals surface area contributed by atoms with Crippen LogP contribution in [0.15, 0.2) is 24.3 Å². The molecular formula is C11H12N2O3. The van der Waals surface area contributed by atoms with E-state index >= 15 is 0 Å². The van der Waals surface area contributed by atoms with Gasteiger partial charge in [-0.1, -0.05) is 0 Å². The molecule has 5 nitrogen and oxygen atoms in total. The molecule has 0 atom stereocenters. The second-order valence-corrected chi connectivity index (χ2v) is 3.65. The topological polar surface area (TPSA) is 81.4 Å². The molecule has 0 aliphatic carbocycles. The number of nitrogens with one attached hydrogen (secondary N) is 1. The largest absolute Gasteiger partial charge is 0.377 e. The van der Waals surface area contributed by atoms with E-state index in [2.05, 4.69) is 5.32 Å². The molecule has 1 aromatic carbocycles. The number of hydrogen-bond donors (Lipinski definition) is 2. The van der Waals surface area contributed by atoms with Crippen molar-refractivity contribution in [2.45, 2.75) is 6.04 Å². The average Bonchev–Trinajstić information content (AvgIpc) is 2.23. The van der Waals surface area contributed by atoms with Crippen molar-refractivity contribution in [2.75, 3.05) is 13.2 Å². The fourth-order valence-corrected chi connectivity index (χ4v) is 1.37. The van der Waals surface area contributed by atoms with Gasteiger partial charge in [0.1, 0.15) is 0 Å². The van der Waals surface area contributed by atoms with Gasteiger partial charge >= 0.3 is 0 Å². The molecule has 1 aliphatic heterocycles. The van der Waals surface area contributed by atoms with Crippen LogP contribution in [-0.4, -0.2) is 31.1 Å². The lowest BCUT2D eigenvalue weighted by molar-refractivity contribution is -0.00346. The Labute approximate surface area is 92.6 Å². The lowest BCUT2D eigenvalue weighted by Gasteiger charge is -2.26. The molecule has 0 bridgehead atoms. The summed E-state index contributed by atoms with van der Waals surface area (Å²) in [5.41, 5.74) is 6.00. The number of nitrogens with two attached hydrogens (primary N) is 1. The summed E-state index contributed by atoms with van der Waals surface area (Å²) in [6, 6.07) is 6.33. The lowest BCUT2D eigenvalue weighted by Crippen LogP contribution is -2.48. The number of primary amides is 1. The van der Waals surface area contributed by atoms with E-state index in [1.54, 1.807) is 12.1 Å². The van der Waals surface area contributed by atoms with E-state index in [1.165, 1.54) is 12.1 Å². The van der Waals surface area contributed by atoms with Crippen molar-refractivity contribution >= 4 is 11.8 Å². The third-order valence-corrected chi connectivity index (χ3v) is 2.40. The van der Waals surface area contributed by atoms with E-state index in [0.29, 0.717) is 24.3 Å². The van der Waals surface area contributed by atoms with Crippen LogP contribution in [-0.2, 0) is 4.74 Å². The SMILES string of the molecule is NC(=O)c1ccc(C(=O)NC2COC2)cc1. The zero-order valence-electron chi connectivity index (χ0n) is 8.60. The van der Waals surface area contributed by atoms with Gasteiger partial charge in [0.15, 0.2) is 0 Å². The van der Waals surface area contributed by atoms with Crippen molar-refractivity contribution in [3.8, 4) is 0 Å². The number of rotatable bonds is 3. The van der Waals surface area contributed by atoms with Crippen LogP contribution in [0.3, 0.4) is 0 Å². The van der Waals surface area contributed by atoms with E-state index in [9.17, 15) is 9.59 Å². The fourth-order valence-electron chi connectivity index (χ4n) is 1.37. The van der Waals surface area contributed by atoms with Gasteiger partial charge in [0.25, 0.3) is 5.91 Å². The molecule has 3 N–H and O–H groups in total. The molecular weight excluding hydrogens is 208 g/mol. The Hall–Kier alpha value is -1.88. The zero-order valence-corrected chi connectivity index (χ0v) is 8.60. The molecule has 1 aromatic rings. The number of hydrogen-bond acceptors (Lipinski definition) is 3. The summed E-state index contributed by atoms with van der Waals surface area (Å²) in [4.78, 5) is 22.5. The molecule has 0 aromatic heterocycles. The van der Waals surface area contributed by atoms with Gasteiger partial charge in [0.05, 0.1) is 19.3 Å². The minimum absolute atomic E-state index is 0.100. The van der Waals surface area contributed by atoms with Crippen molar-refractivity contribution in [3.05, 3.63) is 35.4 Å². The molecule has 2 amide bonds. The van der Waals surface area contributed by atoms with E-state index in [0.717, 1.165) is 0 Å². The minimum atomic E-state index is -0.501. The first-order chi connectivity index (χ1) is 7.66. The van der Waals surface area contributed by atoms with Gasteiger partial charge in [-0.25, -0.2) is 0 Å². The highest BCUT2D eigenvalue weighted by atomic mass is 16.5. The van der Waals surface area contributed by atoms with Crippen LogP contribution in [0.4, 0.5) is 0 Å². The van der Waals surface area contributed by atoms with Gasteiger partial charge in [-0.15, -0.1) is 0 Å². The summed E-state index contributed by atoms with van der Waals surface area (Å²) in [6.45, 7) is 1.12. The van der Waals surface area contributed by atoms with Crippen LogP contribution in [0.1, 0.15) is 20.7 Å². The Balaban J connectivity index is 2.02. The average molecular weight is 220 g/mol. The Bertz CT molecular complexity index is 410. The van der Waals surface area contributed by atoms with Gasteiger partial charge in [-0.05, 0) is 24.3 Å². The van der Waals surface area contributed by atoms with E-state index < -0.39 is 5.91 Å². The predicted molar refractivity (Wildman–Crippen MR) is 57.0 cm³/mol. The maximum Gasteiger partial charge on any atom is 0.251 e. The molecule has 5 heteroatoms. The van der Waals surface area contributed by atoms with Crippen LogP contribution >= 0.6 is 0 Å². The third kappa shape index (κ3) is 2.20. The van der Waals surface area contributed by atoms with Gasteiger partial charge < -0.3 is 15.8 Å². The smallest absolute Gasteiger partial charge is 0.251 e. The molecule has 0 spiro atoms. The van der Waals surface area contributed by atoms with Crippen LogP contribution in [0.5, 0.6) is 0 Å². The van der Waals surface area contributed by atoms with Crippen LogP contribution in [0, 0.1) is 0 Å². The number of ether oxygens (including phenoxy) is 1. The zero-order chi connectivity index (χ0) is 11.5. The van der Waals surface area contributed by atoms with Gasteiger partial charge in [-0.3, -0.25) is 9.59 Å². The van der Waals surface area contributed by atoms with Crippen molar-refractivity contribution in [3.63, 3.8) is 0 Å². The van der Waals surface area contributed by atoms with Crippen molar-refractivity contribution < 1.29 is 14.3 Å². The molecule has 1 heterocycles. The molecule has 0 radical (unpaired) electrons. The van der Waals surface area contributed by atoms with Gasteiger partial charge in [0.2, 0.25) is 5.91 Å². The summed E-state index contributed by atoms with van der Waals surface area (Å²) in [6.07, 6.45) is 0. The highest BCUT2D eigenvalue weighted by Crippen LogP contribution is 2.06. The Morgan fingerprint density at radius 1 is 1.19 bits per heavy atom. The van der Waals surface area contributed by atoms with Gasteiger partial charge in [0, 0.05) is 11.1 Å². The molecule has 1 aliphatic rings. The third-order valence-electron chi connectivity index (χ3n) is 2.40. The molecule has 0 unspecified atom stereocenters. The molecule has 84 valence electrons. The highest BCUT2D eigenvalue weighted by molar-refractivity contribution is 5.97. The number of carbonyl (C=O) groups is 2. The van der Waals surface area contributed by atoms with Crippen LogP contribution in [0.2, 0.25) is 0 Å². The van der Waals surface area contributed by atoms with E-state index in [4.69, 9.17) is 10.5 Å². The second-order valence-electron chi connectivity index (χ2n) is 3.65. The van der Waals surface area contributed by atoms with Crippen LogP contribution in [0.25, 0.3) is 0 Å². The van der Waals surface area contributed by atoms with Gasteiger partial charge in [-0.2, -0.15) is 0 Å². The highest BCUT2D eigenvalue weighted by Gasteiger charge is 2.20. The minimum Gasteiger partial charge on any atom is -0.377 e. The molecule has 0 saturated carbocycles. The first kappa shape index (κ1) is 10.6. The summed E-state index contributed by atoms with van der Waals surface area (Å²) in [7, 11) is 0. The normalized spacial score (nSPS) is 15.2. The number of carbonyl (C=O) groups excluding carboxylic acids is 2. The van der Waals surface area contributed by atoms with Crippen molar-refractivity contribution in [1.82, 2.24) is 5.32 Å². The van der Waals surface area contributed by atoms with E-state index in [-0.39, 0.29) is 11.9 Å².